The largest absolute Gasteiger partial charge is 0.483 e. The minimum absolute atomic E-state index is 0.0761. The van der Waals surface area contributed by atoms with Gasteiger partial charge in [-0.3, -0.25) is 9.59 Å². The van der Waals surface area contributed by atoms with E-state index < -0.39 is 11.7 Å². The van der Waals surface area contributed by atoms with Crippen LogP contribution in [0.5, 0.6) is 5.75 Å². The Morgan fingerprint density at radius 3 is 2.59 bits per heavy atom. The molecule has 5 nitrogen and oxygen atoms in total. The maximum absolute atomic E-state index is 13.1. The molecule has 1 aliphatic heterocycles. The number of piperidine rings is 1. The van der Waals surface area contributed by atoms with Crippen molar-refractivity contribution in [1.29, 1.82) is 0 Å². The molecule has 2 aromatic rings. The summed E-state index contributed by atoms with van der Waals surface area (Å²) in [6, 6.07) is 10.9. The summed E-state index contributed by atoms with van der Waals surface area (Å²) >= 11 is 3.19. The molecule has 0 aromatic heterocycles. The fourth-order valence-corrected chi connectivity index (χ4v) is 3.43. The van der Waals surface area contributed by atoms with Gasteiger partial charge in [-0.05, 0) is 65.5 Å². The maximum atomic E-state index is 13.1. The molecule has 1 N–H and O–H groups in total. The zero-order valence-corrected chi connectivity index (χ0v) is 16.3. The van der Waals surface area contributed by atoms with Crippen molar-refractivity contribution in [3.05, 3.63) is 58.3 Å². The number of nitrogens with one attached hydrogen (secondary N) is 1. The van der Waals surface area contributed by atoms with Crippen LogP contribution in [0.4, 0.5) is 10.1 Å². The Bertz CT molecular complexity index is 838. The Hall–Kier alpha value is -2.41. The molecule has 3 rings (SSSR count). The molecule has 1 heterocycles. The van der Waals surface area contributed by atoms with Crippen LogP contribution in [0.15, 0.2) is 46.9 Å². The predicted molar refractivity (Wildman–Crippen MR) is 104 cm³/mol. The van der Waals surface area contributed by atoms with Crippen molar-refractivity contribution >= 4 is 33.4 Å². The monoisotopic (exact) mass is 434 g/mol. The van der Waals surface area contributed by atoms with Gasteiger partial charge < -0.3 is 15.0 Å². The number of hydrogen-bond donors (Lipinski definition) is 1. The van der Waals surface area contributed by atoms with Crippen molar-refractivity contribution < 1.29 is 18.7 Å². The Morgan fingerprint density at radius 2 is 1.85 bits per heavy atom. The summed E-state index contributed by atoms with van der Waals surface area (Å²) in [6.07, 6.45) is 3.14. The highest BCUT2D eigenvalue weighted by atomic mass is 79.9. The van der Waals surface area contributed by atoms with E-state index in [9.17, 15) is 14.0 Å². The number of carbonyl (C=O) groups excluding carboxylic acids is 2. The van der Waals surface area contributed by atoms with Gasteiger partial charge in [0.2, 0.25) is 0 Å². The second-order valence-electron chi connectivity index (χ2n) is 6.31. The number of para-hydroxylation sites is 1. The number of amides is 2. The predicted octanol–water partition coefficient (Wildman–Crippen LogP) is 4.23. The molecule has 7 heteroatoms. The standard InChI is InChI=1S/C20H20BrFN2O3/c21-16-12-14(22)8-9-18(16)27-13-19(25)23-17-7-3-2-6-15(17)20(26)24-10-4-1-5-11-24/h2-3,6-9,12H,1,4-5,10-11,13H2,(H,23,25). The van der Waals surface area contributed by atoms with Crippen molar-refractivity contribution in [2.75, 3.05) is 25.0 Å². The summed E-state index contributed by atoms with van der Waals surface area (Å²) in [7, 11) is 0. The third-order valence-corrected chi connectivity index (χ3v) is 4.95. The Labute approximate surface area is 165 Å². The molecule has 2 amide bonds. The summed E-state index contributed by atoms with van der Waals surface area (Å²) in [5.41, 5.74) is 0.926. The fraction of sp³-hybridized carbons (Fsp3) is 0.300. The zero-order chi connectivity index (χ0) is 19.2. The number of hydrogen-bond acceptors (Lipinski definition) is 3. The number of nitrogens with zero attached hydrogens (tertiary/aromatic N) is 1. The number of carbonyl (C=O) groups is 2. The SMILES string of the molecule is O=C(COc1ccc(F)cc1Br)Nc1ccccc1C(=O)N1CCCCC1. The normalized spacial score (nSPS) is 13.9. The van der Waals surface area contributed by atoms with Crippen molar-refractivity contribution in [2.45, 2.75) is 19.3 Å². The quantitative estimate of drug-likeness (QED) is 0.765. The van der Waals surface area contributed by atoms with Crippen molar-refractivity contribution in [1.82, 2.24) is 4.90 Å². The molecule has 0 bridgehead atoms. The first-order chi connectivity index (χ1) is 13.0. The minimum Gasteiger partial charge on any atom is -0.483 e. The molecule has 0 atom stereocenters. The van der Waals surface area contributed by atoms with Crippen LogP contribution in [0.25, 0.3) is 0 Å². The molecular weight excluding hydrogens is 415 g/mol. The highest BCUT2D eigenvalue weighted by Gasteiger charge is 2.21. The summed E-state index contributed by atoms with van der Waals surface area (Å²) < 4.78 is 19.0. The molecule has 0 radical (unpaired) electrons. The maximum Gasteiger partial charge on any atom is 0.262 e. The lowest BCUT2D eigenvalue weighted by Crippen LogP contribution is -2.36. The molecule has 0 spiro atoms. The van der Waals surface area contributed by atoms with Gasteiger partial charge in [-0.1, -0.05) is 12.1 Å². The lowest BCUT2D eigenvalue weighted by Gasteiger charge is -2.27. The van der Waals surface area contributed by atoms with E-state index in [2.05, 4.69) is 21.2 Å². The molecule has 27 heavy (non-hydrogen) atoms. The van der Waals surface area contributed by atoms with Crippen LogP contribution >= 0.6 is 15.9 Å². The van der Waals surface area contributed by atoms with Gasteiger partial charge in [-0.25, -0.2) is 4.39 Å². The van der Waals surface area contributed by atoms with Gasteiger partial charge >= 0.3 is 0 Å². The molecule has 0 saturated carbocycles. The minimum atomic E-state index is -0.399. The molecule has 1 aliphatic rings. The van der Waals surface area contributed by atoms with E-state index in [1.807, 2.05) is 4.90 Å². The number of benzene rings is 2. The van der Waals surface area contributed by atoms with Gasteiger partial charge in [0.1, 0.15) is 11.6 Å². The summed E-state index contributed by atoms with van der Waals surface area (Å²) in [5.74, 6) is -0.508. The third-order valence-electron chi connectivity index (χ3n) is 4.33. The second-order valence-corrected chi connectivity index (χ2v) is 7.16. The fourth-order valence-electron chi connectivity index (χ4n) is 2.97. The molecular formula is C20H20BrFN2O3. The summed E-state index contributed by atoms with van der Waals surface area (Å²) in [5, 5.41) is 2.73. The van der Waals surface area contributed by atoms with E-state index in [1.165, 1.54) is 18.2 Å². The van der Waals surface area contributed by atoms with Crippen LogP contribution in [0.2, 0.25) is 0 Å². The van der Waals surface area contributed by atoms with Crippen LogP contribution in [-0.2, 0) is 4.79 Å². The Kier molecular flexibility index (Phi) is 6.45. The first-order valence-electron chi connectivity index (χ1n) is 8.80. The number of likely N-dealkylation sites (tertiary alicyclic amines) is 1. The van der Waals surface area contributed by atoms with Crippen LogP contribution in [0.1, 0.15) is 29.6 Å². The van der Waals surface area contributed by atoms with Gasteiger partial charge in [0.15, 0.2) is 6.61 Å². The lowest BCUT2D eigenvalue weighted by molar-refractivity contribution is -0.118. The van der Waals surface area contributed by atoms with Crippen molar-refractivity contribution in [2.24, 2.45) is 0 Å². The van der Waals surface area contributed by atoms with E-state index in [1.54, 1.807) is 24.3 Å². The topological polar surface area (TPSA) is 58.6 Å². The Balaban J connectivity index is 1.64. The second kappa shape index (κ2) is 8.99. The summed E-state index contributed by atoms with van der Waals surface area (Å²) in [4.78, 5) is 26.8. The van der Waals surface area contributed by atoms with Crippen molar-refractivity contribution in [3.8, 4) is 5.75 Å². The van der Waals surface area contributed by atoms with Crippen LogP contribution < -0.4 is 10.1 Å². The van der Waals surface area contributed by atoms with Crippen LogP contribution in [0.3, 0.4) is 0 Å². The number of anilines is 1. The molecule has 2 aromatic carbocycles. The number of halogens is 2. The van der Waals surface area contributed by atoms with Crippen molar-refractivity contribution in [3.63, 3.8) is 0 Å². The van der Waals surface area contributed by atoms with Gasteiger partial charge in [-0.2, -0.15) is 0 Å². The molecule has 0 aliphatic carbocycles. The van der Waals surface area contributed by atoms with E-state index >= 15 is 0 Å². The first-order valence-corrected chi connectivity index (χ1v) is 9.60. The van der Waals surface area contributed by atoms with E-state index in [4.69, 9.17) is 4.74 Å². The smallest absolute Gasteiger partial charge is 0.262 e. The van der Waals surface area contributed by atoms with Gasteiger partial charge in [0.25, 0.3) is 11.8 Å². The molecule has 1 saturated heterocycles. The van der Waals surface area contributed by atoms with Gasteiger partial charge in [0.05, 0.1) is 15.7 Å². The zero-order valence-electron chi connectivity index (χ0n) is 14.7. The van der Waals surface area contributed by atoms with E-state index in [0.717, 1.165) is 32.4 Å². The average Bonchev–Trinajstić information content (AvgIpc) is 2.68. The lowest BCUT2D eigenvalue weighted by atomic mass is 10.1. The van der Waals surface area contributed by atoms with Crippen LogP contribution in [-0.4, -0.2) is 36.4 Å². The molecule has 0 unspecified atom stereocenters. The number of rotatable bonds is 5. The number of ether oxygens (including phenoxy) is 1. The van der Waals surface area contributed by atoms with Gasteiger partial charge in [0, 0.05) is 13.1 Å². The first kappa shape index (κ1) is 19.4. The highest BCUT2D eigenvalue weighted by Crippen LogP contribution is 2.25. The van der Waals surface area contributed by atoms with E-state index in [0.29, 0.717) is 21.5 Å². The van der Waals surface area contributed by atoms with Crippen LogP contribution in [0, 0.1) is 5.82 Å². The molecule has 142 valence electrons. The average molecular weight is 435 g/mol. The van der Waals surface area contributed by atoms with E-state index in [-0.39, 0.29) is 12.5 Å². The highest BCUT2D eigenvalue weighted by molar-refractivity contribution is 9.10. The summed E-state index contributed by atoms with van der Waals surface area (Å²) in [6.45, 7) is 1.22. The Morgan fingerprint density at radius 1 is 1.11 bits per heavy atom. The third kappa shape index (κ3) is 5.07. The molecule has 1 fully saturated rings. The van der Waals surface area contributed by atoms with Gasteiger partial charge in [-0.15, -0.1) is 0 Å².